The topological polar surface area (TPSA) is 69.0 Å². The van der Waals surface area contributed by atoms with Gasteiger partial charge >= 0.3 is 6.18 Å². The van der Waals surface area contributed by atoms with Gasteiger partial charge in [0.1, 0.15) is 24.0 Å². The van der Waals surface area contributed by atoms with Gasteiger partial charge in [0.2, 0.25) is 0 Å². The van der Waals surface area contributed by atoms with Gasteiger partial charge in [-0.3, -0.25) is 4.79 Å². The first-order valence-electron chi connectivity index (χ1n) is 8.21. The molecule has 0 aliphatic heterocycles. The molecule has 0 radical (unpaired) electrons. The number of nitrogens with zero attached hydrogens (tertiary/aromatic N) is 3. The first kappa shape index (κ1) is 20.2. The second-order valence-corrected chi connectivity index (χ2v) is 5.73. The Morgan fingerprint density at radius 2 is 1.79 bits per heavy atom. The minimum atomic E-state index is -4.94. The van der Waals surface area contributed by atoms with Crippen molar-refractivity contribution < 1.29 is 31.5 Å². The van der Waals surface area contributed by atoms with Crippen LogP contribution in [0.5, 0.6) is 5.75 Å². The molecule has 3 aromatic rings. The Labute approximate surface area is 160 Å². The zero-order chi connectivity index (χ0) is 21.0. The number of rotatable bonds is 6. The smallest absolute Gasteiger partial charge is 0.435 e. The lowest BCUT2D eigenvalue weighted by molar-refractivity contribution is -0.143. The number of hydrogen-bond acceptors (Lipinski definition) is 4. The molecule has 0 fully saturated rings. The molecule has 3 rings (SSSR count). The molecule has 0 aliphatic rings. The number of nitrogens with one attached hydrogen (secondary N) is 1. The van der Waals surface area contributed by atoms with Crippen LogP contribution in [0.25, 0.3) is 5.69 Å². The van der Waals surface area contributed by atoms with Gasteiger partial charge in [-0.25, -0.2) is 13.5 Å². The molecule has 2 aromatic carbocycles. The highest BCUT2D eigenvalue weighted by Gasteiger charge is 2.41. The SMILES string of the molecule is O=C(NCCOc1cccc(F)c1)c1nnn(-c2ccc(F)cc2)c1C(F)(F)F. The minimum Gasteiger partial charge on any atom is -0.492 e. The summed E-state index contributed by atoms with van der Waals surface area (Å²) in [6.07, 6.45) is -4.94. The van der Waals surface area contributed by atoms with Gasteiger partial charge in [0.15, 0.2) is 11.4 Å². The predicted molar refractivity (Wildman–Crippen MR) is 90.5 cm³/mol. The lowest BCUT2D eigenvalue weighted by Crippen LogP contribution is -2.30. The van der Waals surface area contributed by atoms with Crippen LogP contribution >= 0.6 is 0 Å². The van der Waals surface area contributed by atoms with Gasteiger partial charge < -0.3 is 10.1 Å². The van der Waals surface area contributed by atoms with Crippen LogP contribution < -0.4 is 10.1 Å². The summed E-state index contributed by atoms with van der Waals surface area (Å²) in [5.74, 6) is -2.07. The summed E-state index contributed by atoms with van der Waals surface area (Å²) >= 11 is 0. The molecule has 29 heavy (non-hydrogen) atoms. The summed E-state index contributed by atoms with van der Waals surface area (Å²) in [7, 11) is 0. The fourth-order valence-corrected chi connectivity index (χ4v) is 2.43. The summed E-state index contributed by atoms with van der Waals surface area (Å²) in [5.41, 5.74) is -2.44. The van der Waals surface area contributed by atoms with E-state index < -0.39 is 35.1 Å². The average Bonchev–Trinajstić information content (AvgIpc) is 3.11. The van der Waals surface area contributed by atoms with Crippen molar-refractivity contribution in [2.45, 2.75) is 6.18 Å². The highest BCUT2D eigenvalue weighted by atomic mass is 19.4. The maximum atomic E-state index is 13.5. The Morgan fingerprint density at radius 1 is 1.07 bits per heavy atom. The second kappa shape index (κ2) is 8.25. The molecule has 1 amide bonds. The molecule has 0 unspecified atom stereocenters. The van der Waals surface area contributed by atoms with Crippen molar-refractivity contribution in [2.24, 2.45) is 0 Å². The third kappa shape index (κ3) is 4.86. The van der Waals surface area contributed by atoms with Crippen LogP contribution in [0.2, 0.25) is 0 Å². The molecule has 0 atom stereocenters. The van der Waals surface area contributed by atoms with Crippen LogP contribution in [-0.4, -0.2) is 34.1 Å². The van der Waals surface area contributed by atoms with E-state index in [4.69, 9.17) is 4.74 Å². The first-order valence-corrected chi connectivity index (χ1v) is 8.21. The van der Waals surface area contributed by atoms with Gasteiger partial charge in [-0.2, -0.15) is 13.2 Å². The zero-order valence-corrected chi connectivity index (χ0v) is 14.6. The van der Waals surface area contributed by atoms with E-state index >= 15 is 0 Å². The molecule has 1 heterocycles. The van der Waals surface area contributed by atoms with Crippen molar-refractivity contribution >= 4 is 5.91 Å². The van der Waals surface area contributed by atoms with Gasteiger partial charge in [0, 0.05) is 6.07 Å². The third-order valence-electron chi connectivity index (χ3n) is 3.68. The van der Waals surface area contributed by atoms with Crippen molar-refractivity contribution in [1.82, 2.24) is 20.3 Å². The molecule has 0 bridgehead atoms. The van der Waals surface area contributed by atoms with Crippen molar-refractivity contribution in [3.8, 4) is 11.4 Å². The molecule has 0 saturated carbocycles. The number of ether oxygens (including phenoxy) is 1. The second-order valence-electron chi connectivity index (χ2n) is 5.73. The van der Waals surface area contributed by atoms with Crippen molar-refractivity contribution in [3.05, 3.63) is 71.6 Å². The molecule has 0 spiro atoms. The Bertz CT molecular complexity index is 1000. The van der Waals surface area contributed by atoms with Gasteiger partial charge in [-0.05, 0) is 36.4 Å². The maximum absolute atomic E-state index is 13.5. The molecule has 0 saturated heterocycles. The van der Waals surface area contributed by atoms with E-state index in [1.54, 1.807) is 0 Å². The van der Waals surface area contributed by atoms with Crippen LogP contribution in [-0.2, 0) is 6.18 Å². The van der Waals surface area contributed by atoms with E-state index in [0.717, 1.165) is 30.3 Å². The number of halogens is 5. The average molecular weight is 412 g/mol. The van der Waals surface area contributed by atoms with Crippen molar-refractivity contribution in [1.29, 1.82) is 0 Å². The van der Waals surface area contributed by atoms with E-state index in [-0.39, 0.29) is 24.6 Å². The molecule has 1 aromatic heterocycles. The number of carbonyl (C=O) groups is 1. The molecule has 152 valence electrons. The van der Waals surface area contributed by atoms with E-state index in [2.05, 4.69) is 15.6 Å². The van der Waals surface area contributed by atoms with Crippen LogP contribution in [0.1, 0.15) is 16.2 Å². The molecule has 11 heteroatoms. The number of aromatic nitrogens is 3. The summed E-state index contributed by atoms with van der Waals surface area (Å²) < 4.78 is 72.2. The lowest BCUT2D eigenvalue weighted by atomic mass is 10.2. The van der Waals surface area contributed by atoms with Crippen molar-refractivity contribution in [2.75, 3.05) is 13.2 Å². The number of benzene rings is 2. The zero-order valence-electron chi connectivity index (χ0n) is 14.6. The summed E-state index contributed by atoms with van der Waals surface area (Å²) in [4.78, 5) is 12.2. The first-order chi connectivity index (χ1) is 13.8. The van der Waals surface area contributed by atoms with Gasteiger partial charge in [0.05, 0.1) is 12.2 Å². The predicted octanol–water partition coefficient (Wildman–Crippen LogP) is 3.37. The standard InChI is InChI=1S/C18H13F5N4O2/c19-11-4-6-13(7-5-11)27-16(18(21,22)23)15(25-26-27)17(28)24-8-9-29-14-3-1-2-12(20)10-14/h1-7,10H,8-9H2,(H,24,28). The van der Waals surface area contributed by atoms with Crippen LogP contribution in [0, 0.1) is 11.6 Å². The van der Waals surface area contributed by atoms with Crippen molar-refractivity contribution in [3.63, 3.8) is 0 Å². The summed E-state index contributed by atoms with van der Waals surface area (Å²) in [6, 6.07) is 9.33. The van der Waals surface area contributed by atoms with E-state index in [1.807, 2.05) is 0 Å². The Kier molecular flexibility index (Phi) is 5.76. The molecule has 6 nitrogen and oxygen atoms in total. The molecule has 1 N–H and O–H groups in total. The van der Waals surface area contributed by atoms with E-state index in [0.29, 0.717) is 4.68 Å². The molecule has 0 aliphatic carbocycles. The fraction of sp³-hybridized carbons (Fsp3) is 0.167. The van der Waals surface area contributed by atoms with Gasteiger partial charge in [0.25, 0.3) is 5.91 Å². The molecular weight excluding hydrogens is 399 g/mol. The fourth-order valence-electron chi connectivity index (χ4n) is 2.43. The van der Waals surface area contributed by atoms with Crippen LogP contribution in [0.15, 0.2) is 48.5 Å². The summed E-state index contributed by atoms with van der Waals surface area (Å²) in [6.45, 7) is -0.265. The maximum Gasteiger partial charge on any atom is 0.435 e. The highest BCUT2D eigenvalue weighted by molar-refractivity contribution is 5.93. The van der Waals surface area contributed by atoms with Gasteiger partial charge in [-0.15, -0.1) is 5.10 Å². The third-order valence-corrected chi connectivity index (χ3v) is 3.68. The van der Waals surface area contributed by atoms with Gasteiger partial charge in [-0.1, -0.05) is 11.3 Å². The highest BCUT2D eigenvalue weighted by Crippen LogP contribution is 2.32. The Balaban J connectivity index is 1.72. The van der Waals surface area contributed by atoms with E-state index in [9.17, 15) is 26.7 Å². The number of alkyl halides is 3. The lowest BCUT2D eigenvalue weighted by Gasteiger charge is -2.11. The van der Waals surface area contributed by atoms with Crippen LogP contribution in [0.3, 0.4) is 0 Å². The van der Waals surface area contributed by atoms with E-state index in [1.165, 1.54) is 18.2 Å². The van der Waals surface area contributed by atoms with Crippen LogP contribution in [0.4, 0.5) is 22.0 Å². The Hall–Kier alpha value is -3.50. The number of carbonyl (C=O) groups excluding carboxylic acids is 1. The number of hydrogen-bond donors (Lipinski definition) is 1. The quantitative estimate of drug-likeness (QED) is 0.498. The minimum absolute atomic E-state index is 0.108. The monoisotopic (exact) mass is 412 g/mol. The Morgan fingerprint density at radius 3 is 2.45 bits per heavy atom. The largest absolute Gasteiger partial charge is 0.492 e. The normalized spacial score (nSPS) is 11.3. The number of amides is 1. The summed E-state index contributed by atoms with van der Waals surface area (Å²) in [5, 5.41) is 8.94. The molecular formula is C18H13F5N4O2.